The smallest absolute Gasteiger partial charge is 0.242 e. The molecule has 1 unspecified atom stereocenters. The molecule has 0 saturated carbocycles. The molecule has 28 heavy (non-hydrogen) atoms. The van der Waals surface area contributed by atoms with Gasteiger partial charge in [-0.3, -0.25) is 15.0 Å². The van der Waals surface area contributed by atoms with E-state index in [0.717, 1.165) is 0 Å². The van der Waals surface area contributed by atoms with Crippen LogP contribution in [0.25, 0.3) is 11.0 Å². The number of hydrogen-bond acceptors (Lipinski definition) is 9. The summed E-state index contributed by atoms with van der Waals surface area (Å²) < 4.78 is 36.5. The molecule has 2 aliphatic rings. The van der Waals surface area contributed by atoms with Crippen LogP contribution in [0.5, 0.6) is 5.88 Å². The molecule has 0 amide bonds. The number of rotatable bonds is 5. The first kappa shape index (κ1) is 18.8. The van der Waals surface area contributed by atoms with Crippen molar-refractivity contribution in [1.29, 1.82) is 0 Å². The third-order valence-corrected chi connectivity index (χ3v) is 5.67. The molecule has 0 bridgehead atoms. The molecule has 0 spiro atoms. The van der Waals surface area contributed by atoms with Crippen molar-refractivity contribution < 1.29 is 17.9 Å². The van der Waals surface area contributed by atoms with Gasteiger partial charge in [0.2, 0.25) is 15.9 Å². The quantitative estimate of drug-likeness (QED) is 0.702. The van der Waals surface area contributed by atoms with Crippen molar-refractivity contribution in [1.82, 2.24) is 19.3 Å². The van der Waals surface area contributed by atoms with Crippen LogP contribution in [0.15, 0.2) is 28.4 Å². The number of ether oxygens (including phenoxy) is 2. The average molecular weight is 404 g/mol. The van der Waals surface area contributed by atoms with Crippen LogP contribution in [0.3, 0.4) is 0 Å². The summed E-state index contributed by atoms with van der Waals surface area (Å²) in [6.45, 7) is 2.93. The molecule has 1 fully saturated rings. The van der Waals surface area contributed by atoms with E-state index in [0.29, 0.717) is 41.5 Å². The normalized spacial score (nSPS) is 23.1. The van der Waals surface area contributed by atoms with E-state index >= 15 is 0 Å². The summed E-state index contributed by atoms with van der Waals surface area (Å²) in [6, 6.07) is 1.79. The monoisotopic (exact) mass is 404 g/mol. The van der Waals surface area contributed by atoms with Gasteiger partial charge in [0.1, 0.15) is 24.6 Å². The van der Waals surface area contributed by atoms with Crippen LogP contribution in [0.4, 0.5) is 0 Å². The SMILES string of the molecule is CC1N=CC(c2cc3nccnc3c(OC[C@@H]3CN(S(C)(=O)=O)CCO3)n2)=N1. The molecule has 2 aromatic rings. The molecule has 2 aromatic heterocycles. The first-order valence-electron chi connectivity index (χ1n) is 8.83. The van der Waals surface area contributed by atoms with Crippen LogP contribution >= 0.6 is 0 Å². The Labute approximate surface area is 162 Å². The largest absolute Gasteiger partial charge is 0.473 e. The molecule has 4 heterocycles. The van der Waals surface area contributed by atoms with Crippen molar-refractivity contribution in [2.45, 2.75) is 19.2 Å². The summed E-state index contributed by atoms with van der Waals surface area (Å²) in [5.74, 6) is 0.302. The maximum absolute atomic E-state index is 11.8. The predicted octanol–water partition coefficient (Wildman–Crippen LogP) is 0.284. The number of pyridine rings is 1. The molecule has 0 radical (unpaired) electrons. The van der Waals surface area contributed by atoms with Gasteiger partial charge in [-0.2, -0.15) is 4.31 Å². The summed E-state index contributed by atoms with van der Waals surface area (Å²) in [5, 5.41) is 0. The Bertz CT molecular complexity index is 1050. The summed E-state index contributed by atoms with van der Waals surface area (Å²) in [6.07, 6.45) is 5.48. The minimum Gasteiger partial charge on any atom is -0.473 e. The molecular weight excluding hydrogens is 384 g/mol. The lowest BCUT2D eigenvalue weighted by Gasteiger charge is -2.30. The molecule has 2 aliphatic heterocycles. The highest BCUT2D eigenvalue weighted by molar-refractivity contribution is 7.88. The predicted molar refractivity (Wildman–Crippen MR) is 103 cm³/mol. The molecule has 148 valence electrons. The zero-order chi connectivity index (χ0) is 19.7. The third-order valence-electron chi connectivity index (χ3n) is 4.40. The van der Waals surface area contributed by atoms with Crippen LogP contribution in [0.2, 0.25) is 0 Å². The molecule has 0 N–H and O–H groups in total. The molecular formula is C17H20N6O4S. The van der Waals surface area contributed by atoms with Crippen molar-refractivity contribution in [3.8, 4) is 5.88 Å². The number of fused-ring (bicyclic) bond motifs is 1. The lowest BCUT2D eigenvalue weighted by Crippen LogP contribution is -2.47. The zero-order valence-corrected chi connectivity index (χ0v) is 16.3. The van der Waals surface area contributed by atoms with Gasteiger partial charge in [-0.25, -0.2) is 18.4 Å². The zero-order valence-electron chi connectivity index (χ0n) is 15.5. The summed E-state index contributed by atoms with van der Waals surface area (Å²) in [7, 11) is -3.27. The fourth-order valence-corrected chi connectivity index (χ4v) is 3.86. The topological polar surface area (TPSA) is 119 Å². The molecule has 0 aliphatic carbocycles. The Morgan fingerprint density at radius 2 is 2.14 bits per heavy atom. The van der Waals surface area contributed by atoms with Crippen molar-refractivity contribution in [3.63, 3.8) is 0 Å². The van der Waals surface area contributed by atoms with E-state index in [4.69, 9.17) is 9.47 Å². The van der Waals surface area contributed by atoms with E-state index in [1.54, 1.807) is 24.7 Å². The molecule has 1 saturated heterocycles. The van der Waals surface area contributed by atoms with Crippen molar-refractivity contribution in [3.05, 3.63) is 24.2 Å². The number of sulfonamides is 1. The molecule has 10 nitrogen and oxygen atoms in total. The molecule has 11 heteroatoms. The minimum atomic E-state index is -3.27. The first-order chi connectivity index (χ1) is 13.4. The van der Waals surface area contributed by atoms with Crippen LogP contribution in [0.1, 0.15) is 12.6 Å². The van der Waals surface area contributed by atoms with Crippen LogP contribution in [0, 0.1) is 0 Å². The van der Waals surface area contributed by atoms with Gasteiger partial charge in [0, 0.05) is 25.5 Å². The molecule has 4 rings (SSSR count). The van der Waals surface area contributed by atoms with E-state index in [1.807, 2.05) is 6.92 Å². The van der Waals surface area contributed by atoms with Crippen LogP contribution in [-0.4, -0.2) is 84.4 Å². The Balaban J connectivity index is 1.58. The Kier molecular flexibility index (Phi) is 5.04. The average Bonchev–Trinajstić information content (AvgIpc) is 3.12. The standard InChI is InChI=1S/C17H20N6O4S/c1-11-20-8-15(21-11)13-7-14-16(19-4-3-18-14)17(22-13)27-10-12-9-23(5-6-26-12)28(2,24)25/h3-4,7-8,11-12H,5-6,9-10H2,1-2H3/t11?,12-/m0/s1. The maximum Gasteiger partial charge on any atom is 0.242 e. The lowest BCUT2D eigenvalue weighted by molar-refractivity contribution is -0.0252. The number of hydrogen-bond donors (Lipinski definition) is 0. The second-order valence-corrected chi connectivity index (χ2v) is 8.57. The van der Waals surface area contributed by atoms with Gasteiger partial charge in [0.25, 0.3) is 0 Å². The Hall–Kier alpha value is -2.50. The minimum absolute atomic E-state index is 0.142. The van der Waals surface area contributed by atoms with E-state index in [1.165, 1.54) is 10.6 Å². The highest BCUT2D eigenvalue weighted by atomic mass is 32.2. The number of nitrogens with zero attached hydrogens (tertiary/aromatic N) is 6. The summed E-state index contributed by atoms with van der Waals surface area (Å²) in [4.78, 5) is 21.8. The van der Waals surface area contributed by atoms with Gasteiger partial charge in [0.15, 0.2) is 5.52 Å². The highest BCUT2D eigenvalue weighted by Crippen LogP contribution is 2.23. The van der Waals surface area contributed by atoms with Gasteiger partial charge in [0.05, 0.1) is 30.3 Å². The van der Waals surface area contributed by atoms with Crippen molar-refractivity contribution >= 4 is 33.0 Å². The van der Waals surface area contributed by atoms with E-state index in [2.05, 4.69) is 24.9 Å². The lowest BCUT2D eigenvalue weighted by atomic mass is 10.2. The van der Waals surface area contributed by atoms with E-state index in [9.17, 15) is 8.42 Å². The van der Waals surface area contributed by atoms with Crippen molar-refractivity contribution in [2.75, 3.05) is 32.6 Å². The van der Waals surface area contributed by atoms with Crippen molar-refractivity contribution in [2.24, 2.45) is 9.98 Å². The van der Waals surface area contributed by atoms with Crippen LogP contribution in [-0.2, 0) is 14.8 Å². The fourth-order valence-electron chi connectivity index (χ4n) is 3.02. The number of aliphatic imine (C=N–C) groups is 2. The second-order valence-electron chi connectivity index (χ2n) is 6.59. The Morgan fingerprint density at radius 3 is 2.89 bits per heavy atom. The third kappa shape index (κ3) is 4.01. The summed E-state index contributed by atoms with van der Waals surface area (Å²) >= 11 is 0. The first-order valence-corrected chi connectivity index (χ1v) is 10.7. The van der Waals surface area contributed by atoms with E-state index < -0.39 is 16.1 Å². The Morgan fingerprint density at radius 1 is 1.32 bits per heavy atom. The molecule has 2 atom stereocenters. The van der Waals surface area contributed by atoms with Gasteiger partial charge in [-0.15, -0.1) is 0 Å². The summed E-state index contributed by atoms with van der Waals surface area (Å²) in [5.41, 5.74) is 2.39. The molecule has 0 aromatic carbocycles. The number of morpholine rings is 1. The van der Waals surface area contributed by atoms with E-state index in [-0.39, 0.29) is 19.3 Å². The highest BCUT2D eigenvalue weighted by Gasteiger charge is 2.27. The number of aromatic nitrogens is 3. The maximum atomic E-state index is 11.8. The van der Waals surface area contributed by atoms with Gasteiger partial charge in [-0.1, -0.05) is 0 Å². The second kappa shape index (κ2) is 7.49. The van der Waals surface area contributed by atoms with Gasteiger partial charge >= 0.3 is 0 Å². The fraction of sp³-hybridized carbons (Fsp3) is 0.471. The van der Waals surface area contributed by atoms with Gasteiger partial charge in [-0.05, 0) is 13.0 Å². The van der Waals surface area contributed by atoms with Gasteiger partial charge < -0.3 is 9.47 Å². The van der Waals surface area contributed by atoms with Crippen LogP contribution < -0.4 is 4.74 Å².